The highest BCUT2D eigenvalue weighted by Crippen LogP contribution is 2.62. The molecule has 2 aromatic heterocycles. The Kier molecular flexibility index (Phi) is 6.14. The first-order valence-electron chi connectivity index (χ1n) is 17.4. The fraction of sp³-hybridized carbons (Fsp3) is 0.0208. The van der Waals surface area contributed by atoms with E-state index in [0.29, 0.717) is 0 Å². The smallest absolute Gasteiger partial charge is 0.135 e. The Morgan fingerprint density at radius 3 is 1.71 bits per heavy atom. The number of rotatable bonds is 3. The Balaban J connectivity index is 1.13. The molecular formula is C48H29NOS. The summed E-state index contributed by atoms with van der Waals surface area (Å²) < 4.78 is 6.73. The molecule has 0 N–H and O–H groups in total. The second-order valence-corrected chi connectivity index (χ2v) is 14.5. The van der Waals surface area contributed by atoms with Crippen molar-refractivity contribution >= 4 is 33.7 Å². The summed E-state index contributed by atoms with van der Waals surface area (Å²) in [4.78, 5) is 7.77. The molecule has 0 bridgehead atoms. The van der Waals surface area contributed by atoms with Gasteiger partial charge in [-0.25, -0.2) is 4.98 Å². The molecule has 1 aliphatic carbocycles. The van der Waals surface area contributed by atoms with Gasteiger partial charge in [0.2, 0.25) is 0 Å². The topological polar surface area (TPSA) is 26.0 Å². The first-order chi connectivity index (χ1) is 25.3. The lowest BCUT2D eigenvalue weighted by Gasteiger charge is -2.39. The fourth-order valence-corrected chi connectivity index (χ4v) is 9.73. The van der Waals surface area contributed by atoms with Crippen molar-refractivity contribution in [2.75, 3.05) is 0 Å². The largest absolute Gasteiger partial charge is 0.456 e. The minimum Gasteiger partial charge on any atom is -0.456 e. The van der Waals surface area contributed by atoms with E-state index in [1.165, 1.54) is 48.7 Å². The predicted octanol–water partition coefficient (Wildman–Crippen LogP) is 12.8. The molecule has 9 aromatic rings. The summed E-state index contributed by atoms with van der Waals surface area (Å²) in [7, 11) is 0. The highest BCUT2D eigenvalue weighted by Gasteiger charge is 2.50. The first kappa shape index (κ1) is 28.7. The van der Waals surface area contributed by atoms with E-state index in [1.54, 1.807) is 0 Å². The van der Waals surface area contributed by atoms with Gasteiger partial charge in [-0.2, -0.15) is 0 Å². The predicted molar refractivity (Wildman–Crippen MR) is 209 cm³/mol. The quantitative estimate of drug-likeness (QED) is 0.188. The van der Waals surface area contributed by atoms with E-state index in [1.807, 2.05) is 17.8 Å². The number of aromatic nitrogens is 1. The van der Waals surface area contributed by atoms with Crippen LogP contribution in [0.2, 0.25) is 0 Å². The van der Waals surface area contributed by atoms with Gasteiger partial charge < -0.3 is 4.42 Å². The van der Waals surface area contributed by atoms with E-state index in [0.717, 1.165) is 50.0 Å². The zero-order valence-electron chi connectivity index (χ0n) is 27.5. The van der Waals surface area contributed by atoms with Crippen molar-refractivity contribution in [3.05, 3.63) is 198 Å². The van der Waals surface area contributed by atoms with E-state index in [9.17, 15) is 0 Å². The van der Waals surface area contributed by atoms with Gasteiger partial charge in [0.25, 0.3) is 0 Å². The number of fused-ring (bicyclic) bond motifs is 12. The Bertz CT molecular complexity index is 2730. The highest BCUT2D eigenvalue weighted by molar-refractivity contribution is 7.99. The summed E-state index contributed by atoms with van der Waals surface area (Å²) in [5.74, 6) is 0. The van der Waals surface area contributed by atoms with Crippen molar-refractivity contribution in [3.8, 4) is 44.8 Å². The summed E-state index contributed by atoms with van der Waals surface area (Å²) in [6.07, 6.45) is 0. The van der Waals surface area contributed by atoms with Gasteiger partial charge in [-0.05, 0) is 93.0 Å². The van der Waals surface area contributed by atoms with Crippen LogP contribution in [-0.4, -0.2) is 4.98 Å². The third kappa shape index (κ3) is 4.16. The van der Waals surface area contributed by atoms with Crippen LogP contribution in [0.15, 0.2) is 190 Å². The van der Waals surface area contributed by atoms with Gasteiger partial charge in [0, 0.05) is 31.7 Å². The molecule has 3 heterocycles. The van der Waals surface area contributed by atoms with E-state index in [-0.39, 0.29) is 0 Å². The summed E-state index contributed by atoms with van der Waals surface area (Å²) in [6, 6.07) is 63.4. The Labute approximate surface area is 300 Å². The number of furan rings is 1. The van der Waals surface area contributed by atoms with Gasteiger partial charge in [-0.3, -0.25) is 0 Å². The zero-order valence-corrected chi connectivity index (χ0v) is 28.3. The van der Waals surface area contributed by atoms with E-state index < -0.39 is 5.41 Å². The molecule has 1 spiro atoms. The van der Waals surface area contributed by atoms with E-state index in [4.69, 9.17) is 9.40 Å². The molecular weight excluding hydrogens is 639 g/mol. The maximum Gasteiger partial charge on any atom is 0.135 e. The molecule has 11 rings (SSSR count). The monoisotopic (exact) mass is 667 g/mol. The second kappa shape index (κ2) is 10.9. The molecule has 0 unspecified atom stereocenters. The zero-order chi connectivity index (χ0) is 33.5. The molecule has 0 saturated carbocycles. The molecule has 0 radical (unpaired) electrons. The molecule has 3 heteroatoms. The molecule has 51 heavy (non-hydrogen) atoms. The average molecular weight is 668 g/mol. The van der Waals surface area contributed by atoms with Crippen molar-refractivity contribution in [1.82, 2.24) is 4.98 Å². The van der Waals surface area contributed by atoms with Crippen molar-refractivity contribution in [2.24, 2.45) is 0 Å². The normalized spacial score (nSPS) is 13.6. The fourth-order valence-electron chi connectivity index (χ4n) is 8.52. The van der Waals surface area contributed by atoms with Gasteiger partial charge in [-0.15, -0.1) is 0 Å². The minimum absolute atomic E-state index is 0.432. The van der Waals surface area contributed by atoms with Crippen LogP contribution in [0.5, 0.6) is 0 Å². The van der Waals surface area contributed by atoms with Crippen molar-refractivity contribution in [2.45, 2.75) is 15.2 Å². The molecule has 0 atom stereocenters. The summed E-state index contributed by atoms with van der Waals surface area (Å²) >= 11 is 1.87. The number of nitrogens with zero attached hydrogens (tertiary/aromatic N) is 1. The van der Waals surface area contributed by atoms with Gasteiger partial charge in [0.15, 0.2) is 0 Å². The number of hydrogen-bond donors (Lipinski definition) is 0. The molecule has 0 amide bonds. The summed E-state index contributed by atoms with van der Waals surface area (Å²) in [5, 5.41) is 2.22. The van der Waals surface area contributed by atoms with Gasteiger partial charge in [0.05, 0.1) is 16.8 Å². The SMILES string of the molecule is c1ccc(-c2cc(-c3ccccc3)nc(-c3ccc4oc5cc6c(cc5c4c3)Sc3ccccc3C63c4ccccc4-c4ccccc43)c2)cc1. The van der Waals surface area contributed by atoms with Crippen LogP contribution in [0.25, 0.3) is 66.7 Å². The summed E-state index contributed by atoms with van der Waals surface area (Å²) in [5.41, 5.74) is 15.6. The second-order valence-electron chi connectivity index (χ2n) is 13.5. The van der Waals surface area contributed by atoms with Gasteiger partial charge in [0.1, 0.15) is 11.2 Å². The molecule has 0 fully saturated rings. The maximum atomic E-state index is 6.73. The number of hydrogen-bond acceptors (Lipinski definition) is 3. The molecule has 0 saturated heterocycles. The lowest BCUT2D eigenvalue weighted by molar-refractivity contribution is 0.662. The van der Waals surface area contributed by atoms with E-state index >= 15 is 0 Å². The lowest BCUT2D eigenvalue weighted by atomic mass is 9.67. The Morgan fingerprint density at radius 2 is 0.980 bits per heavy atom. The molecule has 1 aliphatic heterocycles. The van der Waals surface area contributed by atoms with Crippen LogP contribution in [0.4, 0.5) is 0 Å². The molecule has 238 valence electrons. The number of pyridine rings is 1. The van der Waals surface area contributed by atoms with Crippen LogP contribution >= 0.6 is 11.8 Å². The van der Waals surface area contributed by atoms with Crippen LogP contribution in [0, 0.1) is 0 Å². The Hall–Kier alpha value is -6.16. The van der Waals surface area contributed by atoms with Crippen LogP contribution in [0.3, 0.4) is 0 Å². The van der Waals surface area contributed by atoms with E-state index in [2.05, 4.69) is 170 Å². The molecule has 7 aromatic carbocycles. The van der Waals surface area contributed by atoms with Crippen LogP contribution in [-0.2, 0) is 5.41 Å². The van der Waals surface area contributed by atoms with Gasteiger partial charge >= 0.3 is 0 Å². The van der Waals surface area contributed by atoms with Crippen molar-refractivity contribution < 1.29 is 4.42 Å². The van der Waals surface area contributed by atoms with Crippen molar-refractivity contribution in [1.29, 1.82) is 0 Å². The minimum atomic E-state index is -0.432. The van der Waals surface area contributed by atoms with Gasteiger partial charge in [-0.1, -0.05) is 139 Å². The molecule has 2 aliphatic rings. The van der Waals surface area contributed by atoms with Crippen LogP contribution < -0.4 is 0 Å². The highest BCUT2D eigenvalue weighted by atomic mass is 32.2. The maximum absolute atomic E-state index is 6.73. The van der Waals surface area contributed by atoms with Crippen LogP contribution in [0.1, 0.15) is 22.3 Å². The lowest BCUT2D eigenvalue weighted by Crippen LogP contribution is -2.31. The first-order valence-corrected chi connectivity index (χ1v) is 18.2. The number of benzene rings is 7. The summed E-state index contributed by atoms with van der Waals surface area (Å²) in [6.45, 7) is 0. The third-order valence-corrected chi connectivity index (χ3v) is 11.9. The van der Waals surface area contributed by atoms with Crippen molar-refractivity contribution in [3.63, 3.8) is 0 Å². The standard InChI is InChI=1S/C48H29NOS/c1-3-13-30(14-4-1)33-26-42(31-15-5-2-6-16-31)49-43(27-33)32-23-24-44-36(25-32)37-28-47-41(29-45(37)50-44)48(40-21-11-12-22-46(40)51-47)38-19-9-7-17-34(38)35-18-8-10-20-39(35)48/h1-29H. The average Bonchev–Trinajstić information content (AvgIpc) is 3.71. The third-order valence-electron chi connectivity index (χ3n) is 10.7. The Morgan fingerprint density at radius 1 is 0.392 bits per heavy atom. The molecule has 2 nitrogen and oxygen atoms in total.